The molecule has 2 unspecified atom stereocenters. The summed E-state index contributed by atoms with van der Waals surface area (Å²) in [6, 6.07) is 0. The van der Waals surface area contributed by atoms with Crippen LogP contribution < -0.4 is 5.73 Å². The first kappa shape index (κ1) is 10.0. The van der Waals surface area contributed by atoms with Gasteiger partial charge in [0.25, 0.3) is 0 Å². The summed E-state index contributed by atoms with van der Waals surface area (Å²) in [5, 5.41) is 0. The molecule has 0 aliphatic carbocycles. The van der Waals surface area contributed by atoms with E-state index in [0.717, 1.165) is 19.6 Å². The molecule has 2 nitrogen and oxygen atoms in total. The molecule has 1 heterocycles. The number of rotatable bonds is 2. The molecule has 2 N–H and O–H groups in total. The summed E-state index contributed by atoms with van der Waals surface area (Å²) < 4.78 is 0. The molecule has 1 radical (unpaired) electrons. The van der Waals surface area contributed by atoms with Gasteiger partial charge in [-0.1, -0.05) is 13.8 Å². The van der Waals surface area contributed by atoms with Crippen LogP contribution in [0.3, 0.4) is 0 Å². The van der Waals surface area contributed by atoms with Gasteiger partial charge < -0.3 is 10.6 Å². The molecule has 0 amide bonds. The van der Waals surface area contributed by atoms with Gasteiger partial charge in [0.2, 0.25) is 0 Å². The third kappa shape index (κ3) is 1.50. The topological polar surface area (TPSA) is 29.3 Å². The van der Waals surface area contributed by atoms with Crippen LogP contribution in [-0.4, -0.2) is 31.6 Å². The minimum absolute atomic E-state index is 0.184. The normalized spacial score (nSPS) is 38.0. The molecule has 0 saturated carbocycles. The van der Waals surface area contributed by atoms with E-state index in [-0.39, 0.29) is 5.41 Å². The molecule has 0 aromatic rings. The van der Waals surface area contributed by atoms with E-state index in [9.17, 15) is 0 Å². The first-order valence-corrected chi connectivity index (χ1v) is 4.74. The smallest absolute Gasteiger partial charge is 0.00411 e. The Hall–Kier alpha value is -0.0800. The van der Waals surface area contributed by atoms with Gasteiger partial charge in [-0.15, -0.1) is 0 Å². The van der Waals surface area contributed by atoms with E-state index in [4.69, 9.17) is 5.73 Å². The van der Waals surface area contributed by atoms with Crippen LogP contribution in [0, 0.1) is 24.2 Å². The number of likely N-dealkylation sites (tertiary alicyclic amines) is 1. The average molecular weight is 169 g/mol. The molecule has 2 heteroatoms. The largest absolute Gasteiger partial charge is 0.330 e. The van der Waals surface area contributed by atoms with Crippen LogP contribution in [0.5, 0.6) is 0 Å². The van der Waals surface area contributed by atoms with Gasteiger partial charge in [0.15, 0.2) is 0 Å². The monoisotopic (exact) mass is 169 g/mol. The van der Waals surface area contributed by atoms with E-state index in [1.165, 1.54) is 0 Å². The van der Waals surface area contributed by atoms with E-state index < -0.39 is 0 Å². The maximum Gasteiger partial charge on any atom is 0.00411 e. The van der Waals surface area contributed by atoms with E-state index in [2.05, 4.69) is 32.7 Å². The maximum atomic E-state index is 5.74. The Balaban J connectivity index is 2.74. The molecule has 71 valence electrons. The Kier molecular flexibility index (Phi) is 2.79. The lowest BCUT2D eigenvalue weighted by Gasteiger charge is -2.34. The zero-order chi connectivity index (χ0) is 9.35. The van der Waals surface area contributed by atoms with Crippen molar-refractivity contribution in [2.75, 3.05) is 26.7 Å². The number of nitrogens with two attached hydrogens (primary N) is 1. The molecule has 0 aromatic heterocycles. The van der Waals surface area contributed by atoms with Gasteiger partial charge in [-0.05, 0) is 37.8 Å². The van der Waals surface area contributed by atoms with Crippen molar-refractivity contribution in [3.05, 3.63) is 6.92 Å². The van der Waals surface area contributed by atoms with Crippen molar-refractivity contribution >= 4 is 0 Å². The number of nitrogens with zero attached hydrogens (tertiary/aromatic N) is 1. The molecule has 12 heavy (non-hydrogen) atoms. The molecule has 1 saturated heterocycles. The Morgan fingerprint density at radius 1 is 1.67 bits per heavy atom. The van der Waals surface area contributed by atoms with Crippen LogP contribution in [0.2, 0.25) is 0 Å². The summed E-state index contributed by atoms with van der Waals surface area (Å²) in [7, 11) is 2.15. The molecule has 1 rings (SSSR count). The lowest BCUT2D eigenvalue weighted by molar-refractivity contribution is 0.206. The zero-order valence-electron chi connectivity index (χ0n) is 8.51. The average Bonchev–Trinajstić information content (AvgIpc) is 2.27. The zero-order valence-corrected chi connectivity index (χ0v) is 8.51. The fourth-order valence-electron chi connectivity index (χ4n) is 2.22. The number of hydrogen-bond acceptors (Lipinski definition) is 2. The van der Waals surface area contributed by atoms with E-state index in [0.29, 0.717) is 11.8 Å². The van der Waals surface area contributed by atoms with Crippen LogP contribution in [0.25, 0.3) is 0 Å². The summed E-state index contributed by atoms with van der Waals surface area (Å²) in [4.78, 5) is 2.34. The van der Waals surface area contributed by atoms with Gasteiger partial charge in [-0.3, -0.25) is 0 Å². The van der Waals surface area contributed by atoms with Crippen LogP contribution in [-0.2, 0) is 0 Å². The highest BCUT2D eigenvalue weighted by Gasteiger charge is 2.42. The summed E-state index contributed by atoms with van der Waals surface area (Å²) in [5.41, 5.74) is 5.93. The fraction of sp³-hybridized carbons (Fsp3) is 0.900. The van der Waals surface area contributed by atoms with Gasteiger partial charge in [0, 0.05) is 13.1 Å². The minimum Gasteiger partial charge on any atom is -0.330 e. The first-order valence-electron chi connectivity index (χ1n) is 4.74. The van der Waals surface area contributed by atoms with Crippen molar-refractivity contribution < 1.29 is 0 Å². The van der Waals surface area contributed by atoms with E-state index in [1.807, 2.05) is 0 Å². The van der Waals surface area contributed by atoms with E-state index in [1.54, 1.807) is 0 Å². The third-order valence-electron chi connectivity index (χ3n) is 3.34. The van der Waals surface area contributed by atoms with Gasteiger partial charge in [0.1, 0.15) is 0 Å². The quantitative estimate of drug-likeness (QED) is 0.668. The van der Waals surface area contributed by atoms with Crippen LogP contribution in [0.4, 0.5) is 0 Å². The third-order valence-corrected chi connectivity index (χ3v) is 3.34. The highest BCUT2D eigenvalue weighted by Crippen LogP contribution is 2.40. The predicted molar refractivity (Wildman–Crippen MR) is 52.7 cm³/mol. The Labute approximate surface area is 76.1 Å². The summed E-state index contributed by atoms with van der Waals surface area (Å²) in [5.74, 6) is 1.19. The molecule has 1 fully saturated rings. The number of hydrogen-bond donors (Lipinski definition) is 1. The van der Waals surface area contributed by atoms with Gasteiger partial charge in [-0.25, -0.2) is 0 Å². The molecular weight excluding hydrogens is 148 g/mol. The second-order valence-corrected chi connectivity index (χ2v) is 4.52. The molecule has 0 bridgehead atoms. The molecule has 0 aromatic carbocycles. The van der Waals surface area contributed by atoms with Gasteiger partial charge in [0.05, 0.1) is 0 Å². The van der Waals surface area contributed by atoms with Crippen molar-refractivity contribution in [1.82, 2.24) is 4.90 Å². The second-order valence-electron chi connectivity index (χ2n) is 4.52. The predicted octanol–water partition coefficient (Wildman–Crippen LogP) is 0.983. The second kappa shape index (κ2) is 3.35. The molecular formula is C10H21N2. The van der Waals surface area contributed by atoms with Gasteiger partial charge in [-0.2, -0.15) is 0 Å². The molecule has 1 aliphatic heterocycles. The Morgan fingerprint density at radius 2 is 2.25 bits per heavy atom. The highest BCUT2D eigenvalue weighted by atomic mass is 15.1. The summed E-state index contributed by atoms with van der Waals surface area (Å²) in [6.07, 6.45) is 0. The summed E-state index contributed by atoms with van der Waals surface area (Å²) in [6.45, 7) is 11.8. The SMILES string of the molecule is [CH2]C1(C(C)C)CN(C)CC1CN. The Morgan fingerprint density at radius 3 is 2.58 bits per heavy atom. The minimum atomic E-state index is 0.184. The maximum absolute atomic E-state index is 5.74. The summed E-state index contributed by atoms with van der Waals surface area (Å²) >= 11 is 0. The first-order chi connectivity index (χ1) is 5.50. The van der Waals surface area contributed by atoms with Crippen molar-refractivity contribution in [3.8, 4) is 0 Å². The lowest BCUT2D eigenvalue weighted by atomic mass is 9.71. The fourth-order valence-corrected chi connectivity index (χ4v) is 2.22. The Bertz CT molecular complexity index is 156. The van der Waals surface area contributed by atoms with Crippen molar-refractivity contribution in [2.45, 2.75) is 13.8 Å². The molecule has 1 aliphatic rings. The van der Waals surface area contributed by atoms with Crippen molar-refractivity contribution in [2.24, 2.45) is 23.0 Å². The van der Waals surface area contributed by atoms with Crippen molar-refractivity contribution in [3.63, 3.8) is 0 Å². The molecule has 2 atom stereocenters. The van der Waals surface area contributed by atoms with Crippen LogP contribution in [0.1, 0.15) is 13.8 Å². The van der Waals surface area contributed by atoms with E-state index >= 15 is 0 Å². The lowest BCUT2D eigenvalue weighted by Crippen LogP contribution is -2.36. The van der Waals surface area contributed by atoms with Crippen molar-refractivity contribution in [1.29, 1.82) is 0 Å². The van der Waals surface area contributed by atoms with Gasteiger partial charge >= 0.3 is 0 Å². The van der Waals surface area contributed by atoms with Crippen LogP contribution in [0.15, 0.2) is 0 Å². The van der Waals surface area contributed by atoms with Crippen LogP contribution >= 0.6 is 0 Å². The standard InChI is InChI=1S/C10H21N2/c1-8(2)10(3)7-12(4)6-9(10)5-11/h8-9H,3,5-7,11H2,1-2,4H3. The highest BCUT2D eigenvalue weighted by molar-refractivity contribution is 4.99. The molecule has 0 spiro atoms.